The Morgan fingerprint density at radius 1 is 1.00 bits per heavy atom. The van der Waals surface area contributed by atoms with Crippen molar-refractivity contribution in [3.05, 3.63) is 101 Å². The quantitative estimate of drug-likeness (QED) is 0.497. The molecule has 3 aromatic rings. The summed E-state index contributed by atoms with van der Waals surface area (Å²) in [5, 5.41) is 2.73. The predicted molar refractivity (Wildman–Crippen MR) is 116 cm³/mol. The number of carbonyl (C=O) groups is 1. The minimum absolute atomic E-state index is 0.0237. The fraction of sp³-hybridized carbons (Fsp3) is 0.0455. The van der Waals surface area contributed by atoms with Crippen LogP contribution in [-0.4, -0.2) is 14.3 Å². The monoisotopic (exact) mass is 462 g/mol. The van der Waals surface area contributed by atoms with Gasteiger partial charge >= 0.3 is 0 Å². The van der Waals surface area contributed by atoms with E-state index in [1.165, 1.54) is 36.4 Å². The molecule has 0 heterocycles. The zero-order chi connectivity index (χ0) is 22.4. The summed E-state index contributed by atoms with van der Waals surface area (Å²) in [6, 6.07) is 15.3. The summed E-state index contributed by atoms with van der Waals surface area (Å²) >= 11 is 5.98. The van der Waals surface area contributed by atoms with Gasteiger partial charge in [0.05, 0.1) is 15.6 Å². The first-order valence-electron chi connectivity index (χ1n) is 9.02. The molecule has 0 atom stereocenters. The molecule has 0 aliphatic heterocycles. The van der Waals surface area contributed by atoms with Gasteiger partial charge in [-0.25, -0.2) is 17.2 Å². The highest BCUT2D eigenvalue weighted by Gasteiger charge is 2.15. The summed E-state index contributed by atoms with van der Waals surface area (Å²) in [5.74, 6) is -1.73. The summed E-state index contributed by atoms with van der Waals surface area (Å²) in [7, 11) is -3.83. The van der Waals surface area contributed by atoms with Crippen molar-refractivity contribution in [3.63, 3.8) is 0 Å². The molecule has 0 aliphatic carbocycles. The SMILES string of the molecule is O=C(C=Cc1ccc(S(=O)(=O)Nc2ccccc2Cl)cc1)NCc1cc(F)ccc1F. The van der Waals surface area contributed by atoms with Gasteiger partial charge < -0.3 is 5.32 Å². The first-order chi connectivity index (χ1) is 14.7. The predicted octanol–water partition coefficient (Wildman–Crippen LogP) is 4.75. The number of hydrogen-bond acceptors (Lipinski definition) is 3. The van der Waals surface area contributed by atoms with Crippen molar-refractivity contribution in [2.24, 2.45) is 0 Å². The Bertz CT molecular complexity index is 1230. The summed E-state index contributed by atoms with van der Waals surface area (Å²) in [5.41, 5.74) is 0.866. The van der Waals surface area contributed by atoms with Crippen LogP contribution in [0.25, 0.3) is 6.08 Å². The van der Waals surface area contributed by atoms with Gasteiger partial charge in [0.1, 0.15) is 11.6 Å². The molecule has 0 aliphatic rings. The van der Waals surface area contributed by atoms with Gasteiger partial charge in [-0.2, -0.15) is 0 Å². The van der Waals surface area contributed by atoms with Crippen LogP contribution in [0.5, 0.6) is 0 Å². The maximum Gasteiger partial charge on any atom is 0.261 e. The standard InChI is InChI=1S/C22H17ClF2N2O3S/c23-19-3-1-2-4-21(19)27-31(29,30)18-9-5-15(6-10-18)7-12-22(28)26-14-16-13-17(24)8-11-20(16)25/h1-13,27H,14H2,(H,26,28). The van der Waals surface area contributed by atoms with Gasteiger partial charge in [0.2, 0.25) is 5.91 Å². The molecule has 0 bridgehead atoms. The number of nitrogens with one attached hydrogen (secondary N) is 2. The van der Waals surface area contributed by atoms with E-state index >= 15 is 0 Å². The third kappa shape index (κ3) is 6.13. The molecule has 0 saturated heterocycles. The second kappa shape index (κ2) is 9.72. The van der Waals surface area contributed by atoms with E-state index in [1.54, 1.807) is 24.3 Å². The van der Waals surface area contributed by atoms with Crippen LogP contribution >= 0.6 is 11.6 Å². The lowest BCUT2D eigenvalue weighted by atomic mass is 10.2. The maximum atomic E-state index is 13.6. The molecule has 160 valence electrons. The van der Waals surface area contributed by atoms with Crippen LogP contribution in [0.4, 0.5) is 14.5 Å². The van der Waals surface area contributed by atoms with Gasteiger partial charge in [0.25, 0.3) is 10.0 Å². The van der Waals surface area contributed by atoms with Crippen LogP contribution in [0.3, 0.4) is 0 Å². The number of benzene rings is 3. The highest BCUT2D eigenvalue weighted by molar-refractivity contribution is 7.92. The molecule has 31 heavy (non-hydrogen) atoms. The molecule has 9 heteroatoms. The molecule has 3 rings (SSSR count). The van der Waals surface area contributed by atoms with Crippen LogP contribution in [0, 0.1) is 11.6 Å². The third-order valence-electron chi connectivity index (χ3n) is 4.20. The lowest BCUT2D eigenvalue weighted by Crippen LogP contribution is -2.21. The maximum absolute atomic E-state index is 13.6. The minimum atomic E-state index is -3.83. The number of halogens is 3. The minimum Gasteiger partial charge on any atom is -0.348 e. The van der Waals surface area contributed by atoms with Gasteiger partial charge in [0, 0.05) is 18.2 Å². The molecule has 5 nitrogen and oxygen atoms in total. The number of anilines is 1. The van der Waals surface area contributed by atoms with E-state index < -0.39 is 27.6 Å². The van der Waals surface area contributed by atoms with Crippen molar-refractivity contribution in [3.8, 4) is 0 Å². The van der Waals surface area contributed by atoms with E-state index in [9.17, 15) is 22.0 Å². The molecule has 0 radical (unpaired) electrons. The third-order valence-corrected chi connectivity index (χ3v) is 5.91. The fourth-order valence-electron chi connectivity index (χ4n) is 2.60. The van der Waals surface area contributed by atoms with Crippen molar-refractivity contribution in [1.82, 2.24) is 5.32 Å². The van der Waals surface area contributed by atoms with Crippen molar-refractivity contribution in [2.75, 3.05) is 4.72 Å². The smallest absolute Gasteiger partial charge is 0.261 e. The molecule has 1 amide bonds. The van der Waals surface area contributed by atoms with E-state index in [2.05, 4.69) is 10.0 Å². The van der Waals surface area contributed by atoms with Crippen molar-refractivity contribution in [1.29, 1.82) is 0 Å². The van der Waals surface area contributed by atoms with Gasteiger partial charge in [-0.15, -0.1) is 0 Å². The van der Waals surface area contributed by atoms with Crippen LogP contribution in [0.1, 0.15) is 11.1 Å². The van der Waals surface area contributed by atoms with Gasteiger partial charge in [0.15, 0.2) is 0 Å². The second-order valence-corrected chi connectivity index (χ2v) is 8.53. The summed E-state index contributed by atoms with van der Waals surface area (Å²) in [6.45, 7) is -0.169. The number of rotatable bonds is 7. The zero-order valence-corrected chi connectivity index (χ0v) is 17.6. The Balaban J connectivity index is 1.62. The number of carbonyl (C=O) groups excluding carboxylic acids is 1. The van der Waals surface area contributed by atoms with Gasteiger partial charge in [-0.05, 0) is 54.1 Å². The highest BCUT2D eigenvalue weighted by Crippen LogP contribution is 2.24. The lowest BCUT2D eigenvalue weighted by molar-refractivity contribution is -0.116. The second-order valence-electron chi connectivity index (χ2n) is 6.44. The molecular formula is C22H17ClF2N2O3S. The highest BCUT2D eigenvalue weighted by atomic mass is 35.5. The average Bonchev–Trinajstić information content (AvgIpc) is 2.74. The van der Waals surface area contributed by atoms with Crippen molar-refractivity contribution in [2.45, 2.75) is 11.4 Å². The Morgan fingerprint density at radius 3 is 2.42 bits per heavy atom. The van der Waals surface area contributed by atoms with Crippen LogP contribution in [0.2, 0.25) is 5.02 Å². The fourth-order valence-corrected chi connectivity index (χ4v) is 3.92. The summed E-state index contributed by atoms with van der Waals surface area (Å²) in [6.07, 6.45) is 2.68. The van der Waals surface area contributed by atoms with E-state index in [4.69, 9.17) is 11.6 Å². The Morgan fingerprint density at radius 2 is 1.71 bits per heavy atom. The zero-order valence-electron chi connectivity index (χ0n) is 16.0. The Hall–Kier alpha value is -3.23. The van der Waals surface area contributed by atoms with Gasteiger partial charge in [-0.3, -0.25) is 9.52 Å². The van der Waals surface area contributed by atoms with Crippen LogP contribution < -0.4 is 10.0 Å². The molecule has 0 unspecified atom stereocenters. The van der Waals surface area contributed by atoms with Crippen molar-refractivity contribution < 1.29 is 22.0 Å². The number of para-hydroxylation sites is 1. The number of sulfonamides is 1. The summed E-state index contributed by atoms with van der Waals surface area (Å²) in [4.78, 5) is 11.9. The Labute approximate surface area is 183 Å². The molecular weight excluding hydrogens is 446 g/mol. The largest absolute Gasteiger partial charge is 0.348 e. The van der Waals surface area contributed by atoms with E-state index in [1.807, 2.05) is 0 Å². The van der Waals surface area contributed by atoms with E-state index in [0.29, 0.717) is 5.56 Å². The molecule has 0 aromatic heterocycles. The first kappa shape index (κ1) is 22.5. The normalized spacial score (nSPS) is 11.5. The average molecular weight is 463 g/mol. The van der Waals surface area contributed by atoms with E-state index in [0.717, 1.165) is 18.2 Å². The summed E-state index contributed by atoms with van der Waals surface area (Å²) < 4.78 is 54.1. The number of hydrogen-bond donors (Lipinski definition) is 2. The topological polar surface area (TPSA) is 75.3 Å². The Kier molecular flexibility index (Phi) is 7.04. The lowest BCUT2D eigenvalue weighted by Gasteiger charge is -2.09. The van der Waals surface area contributed by atoms with Gasteiger partial charge in [-0.1, -0.05) is 35.9 Å². The first-order valence-corrected chi connectivity index (χ1v) is 10.9. The number of amides is 1. The molecule has 3 aromatic carbocycles. The molecule has 0 spiro atoms. The molecule has 0 fully saturated rings. The molecule has 0 saturated carbocycles. The van der Waals surface area contributed by atoms with Crippen molar-refractivity contribution >= 4 is 39.3 Å². The van der Waals surface area contributed by atoms with Crippen LogP contribution in [0.15, 0.2) is 77.7 Å². The van der Waals surface area contributed by atoms with E-state index in [-0.39, 0.29) is 27.7 Å². The molecule has 2 N–H and O–H groups in total. The van der Waals surface area contributed by atoms with Crippen LogP contribution in [-0.2, 0) is 21.4 Å².